The van der Waals surface area contributed by atoms with Crippen LogP contribution in [-0.4, -0.2) is 23.7 Å². The molecule has 0 radical (unpaired) electrons. The fourth-order valence-corrected chi connectivity index (χ4v) is 2.10. The molecule has 1 rings (SSSR count). The van der Waals surface area contributed by atoms with Crippen molar-refractivity contribution in [2.45, 2.75) is 39.3 Å². The average molecular weight is 252 g/mol. The maximum absolute atomic E-state index is 5.85. The van der Waals surface area contributed by atoms with Crippen LogP contribution >= 0.6 is 0 Å². The Morgan fingerprint density at radius 2 is 2.17 bits per heavy atom. The highest BCUT2D eigenvalue weighted by atomic mass is 16.5. The van der Waals surface area contributed by atoms with E-state index in [1.807, 2.05) is 19.1 Å². The molecular weight excluding hydrogens is 228 g/mol. The second-order valence-electron chi connectivity index (χ2n) is 4.69. The summed E-state index contributed by atoms with van der Waals surface area (Å²) in [6.45, 7) is 6.90. The predicted molar refractivity (Wildman–Crippen MR) is 73.7 cm³/mol. The van der Waals surface area contributed by atoms with E-state index in [0.717, 1.165) is 5.56 Å². The number of hydrogen-bond donors (Lipinski definition) is 3. The summed E-state index contributed by atoms with van der Waals surface area (Å²) in [4.78, 5) is 4.09. The molecule has 0 aliphatic carbocycles. The van der Waals surface area contributed by atoms with Crippen molar-refractivity contribution in [1.82, 2.24) is 10.4 Å². The molecule has 1 aromatic rings. The highest BCUT2D eigenvalue weighted by Gasteiger charge is 2.25. The zero-order chi connectivity index (χ0) is 13.5. The maximum atomic E-state index is 5.85. The molecule has 1 heterocycles. The number of anilines is 1. The summed E-state index contributed by atoms with van der Waals surface area (Å²) in [5, 5.41) is 0. The van der Waals surface area contributed by atoms with Crippen molar-refractivity contribution in [1.29, 1.82) is 0 Å². The molecule has 0 aromatic carbocycles. The second-order valence-corrected chi connectivity index (χ2v) is 4.69. The molecule has 1 aromatic heterocycles. The van der Waals surface area contributed by atoms with E-state index in [9.17, 15) is 0 Å². The summed E-state index contributed by atoms with van der Waals surface area (Å²) in [5.74, 6) is 6.58. The van der Waals surface area contributed by atoms with E-state index in [1.54, 1.807) is 6.20 Å². The van der Waals surface area contributed by atoms with Gasteiger partial charge in [0.2, 0.25) is 0 Å². The number of nitrogen functional groups attached to an aromatic ring is 1. The minimum absolute atomic E-state index is 0.0245. The SMILES string of the molecule is CCOC(C(C)C)C(Cc1cccnc1N)NN. The van der Waals surface area contributed by atoms with Gasteiger partial charge >= 0.3 is 0 Å². The van der Waals surface area contributed by atoms with Crippen LogP contribution in [0.5, 0.6) is 0 Å². The lowest BCUT2D eigenvalue weighted by molar-refractivity contribution is 0.00358. The number of rotatable bonds is 7. The summed E-state index contributed by atoms with van der Waals surface area (Å²) in [5.41, 5.74) is 9.68. The van der Waals surface area contributed by atoms with Crippen LogP contribution in [0.3, 0.4) is 0 Å². The van der Waals surface area contributed by atoms with Crippen LogP contribution in [0.25, 0.3) is 0 Å². The van der Waals surface area contributed by atoms with Gasteiger partial charge in [-0.25, -0.2) is 4.98 Å². The Bertz CT molecular complexity index is 357. The first-order valence-corrected chi connectivity index (χ1v) is 6.37. The lowest BCUT2D eigenvalue weighted by Gasteiger charge is -2.29. The van der Waals surface area contributed by atoms with E-state index in [4.69, 9.17) is 16.3 Å². The number of hydrogen-bond acceptors (Lipinski definition) is 5. The minimum atomic E-state index is 0.0245. The van der Waals surface area contributed by atoms with E-state index < -0.39 is 0 Å². The Kier molecular flexibility index (Phi) is 6.04. The fourth-order valence-electron chi connectivity index (χ4n) is 2.10. The number of hydrazine groups is 1. The normalized spacial score (nSPS) is 14.7. The third kappa shape index (κ3) is 3.94. The molecule has 0 spiro atoms. The molecule has 0 saturated carbocycles. The lowest BCUT2D eigenvalue weighted by Crippen LogP contribution is -2.49. The Morgan fingerprint density at radius 3 is 2.67 bits per heavy atom. The monoisotopic (exact) mass is 252 g/mol. The fraction of sp³-hybridized carbons (Fsp3) is 0.615. The van der Waals surface area contributed by atoms with Gasteiger partial charge in [0.15, 0.2) is 0 Å². The van der Waals surface area contributed by atoms with Gasteiger partial charge in [0.25, 0.3) is 0 Å². The second kappa shape index (κ2) is 7.31. The van der Waals surface area contributed by atoms with Gasteiger partial charge in [-0.05, 0) is 30.9 Å². The van der Waals surface area contributed by atoms with Crippen molar-refractivity contribution in [2.24, 2.45) is 11.8 Å². The van der Waals surface area contributed by atoms with Gasteiger partial charge in [-0.3, -0.25) is 11.3 Å². The van der Waals surface area contributed by atoms with Crippen LogP contribution in [0.1, 0.15) is 26.3 Å². The van der Waals surface area contributed by atoms with Crippen molar-refractivity contribution >= 4 is 5.82 Å². The van der Waals surface area contributed by atoms with Crippen molar-refractivity contribution in [3.8, 4) is 0 Å². The van der Waals surface area contributed by atoms with E-state index >= 15 is 0 Å². The Morgan fingerprint density at radius 1 is 1.44 bits per heavy atom. The van der Waals surface area contributed by atoms with Gasteiger partial charge in [0.05, 0.1) is 12.1 Å². The zero-order valence-electron chi connectivity index (χ0n) is 11.4. The lowest BCUT2D eigenvalue weighted by atomic mass is 9.94. The molecule has 0 fully saturated rings. The molecule has 0 aliphatic heterocycles. The van der Waals surface area contributed by atoms with Gasteiger partial charge in [-0.15, -0.1) is 0 Å². The first-order chi connectivity index (χ1) is 8.60. The highest BCUT2D eigenvalue weighted by Crippen LogP contribution is 2.17. The van der Waals surface area contributed by atoms with E-state index in [1.165, 1.54) is 0 Å². The molecule has 5 heteroatoms. The molecule has 5 nitrogen and oxygen atoms in total. The Labute approximate surface area is 109 Å². The van der Waals surface area contributed by atoms with E-state index in [-0.39, 0.29) is 12.1 Å². The Balaban J connectivity index is 2.79. The minimum Gasteiger partial charge on any atom is -0.383 e. The third-order valence-electron chi connectivity index (χ3n) is 2.99. The topological polar surface area (TPSA) is 86.2 Å². The predicted octanol–water partition coefficient (Wildman–Crippen LogP) is 1.10. The van der Waals surface area contributed by atoms with Crippen LogP contribution in [0.2, 0.25) is 0 Å². The van der Waals surface area contributed by atoms with E-state index in [2.05, 4.69) is 24.3 Å². The van der Waals surface area contributed by atoms with E-state index in [0.29, 0.717) is 24.8 Å². The number of aromatic nitrogens is 1. The molecule has 102 valence electrons. The molecular formula is C13H24N4O. The number of pyridine rings is 1. The van der Waals surface area contributed by atoms with Gasteiger partial charge in [-0.1, -0.05) is 19.9 Å². The largest absolute Gasteiger partial charge is 0.383 e. The Hall–Kier alpha value is -1.17. The summed E-state index contributed by atoms with van der Waals surface area (Å²) >= 11 is 0. The maximum Gasteiger partial charge on any atom is 0.126 e. The summed E-state index contributed by atoms with van der Waals surface area (Å²) in [7, 11) is 0. The van der Waals surface area contributed by atoms with Gasteiger partial charge in [0, 0.05) is 12.8 Å². The van der Waals surface area contributed by atoms with Crippen LogP contribution < -0.4 is 17.0 Å². The molecule has 0 saturated heterocycles. The third-order valence-corrected chi connectivity index (χ3v) is 2.99. The zero-order valence-corrected chi connectivity index (χ0v) is 11.4. The van der Waals surface area contributed by atoms with Crippen molar-refractivity contribution in [3.05, 3.63) is 23.9 Å². The van der Waals surface area contributed by atoms with Gasteiger partial charge in [0.1, 0.15) is 5.82 Å². The molecule has 2 atom stereocenters. The molecule has 5 N–H and O–H groups in total. The number of nitrogens with two attached hydrogens (primary N) is 2. The van der Waals surface area contributed by atoms with Crippen molar-refractivity contribution < 1.29 is 4.74 Å². The van der Waals surface area contributed by atoms with Gasteiger partial charge in [-0.2, -0.15) is 0 Å². The number of nitrogens with zero attached hydrogens (tertiary/aromatic N) is 1. The van der Waals surface area contributed by atoms with Crippen molar-refractivity contribution in [2.75, 3.05) is 12.3 Å². The summed E-state index contributed by atoms with van der Waals surface area (Å²) in [6, 6.07) is 3.87. The molecule has 2 unspecified atom stereocenters. The highest BCUT2D eigenvalue weighted by molar-refractivity contribution is 5.39. The first-order valence-electron chi connectivity index (χ1n) is 6.37. The van der Waals surface area contributed by atoms with Crippen LogP contribution in [0.4, 0.5) is 5.82 Å². The number of ether oxygens (including phenoxy) is 1. The first kappa shape index (κ1) is 14.9. The average Bonchev–Trinajstić information content (AvgIpc) is 2.35. The quantitative estimate of drug-likeness (QED) is 0.500. The summed E-state index contributed by atoms with van der Waals surface area (Å²) < 4.78 is 5.76. The van der Waals surface area contributed by atoms with Crippen LogP contribution in [0, 0.1) is 5.92 Å². The number of nitrogens with one attached hydrogen (secondary N) is 1. The smallest absolute Gasteiger partial charge is 0.126 e. The molecule has 0 bridgehead atoms. The van der Waals surface area contributed by atoms with Crippen LogP contribution in [-0.2, 0) is 11.2 Å². The van der Waals surface area contributed by atoms with Gasteiger partial charge < -0.3 is 10.5 Å². The standard InChI is InChI=1S/C13H24N4O/c1-4-18-12(9(2)3)11(17-15)8-10-6-5-7-16-13(10)14/h5-7,9,11-12,17H,4,8,15H2,1-3H3,(H2,14,16). The summed E-state index contributed by atoms with van der Waals surface area (Å²) in [6.07, 6.45) is 2.45. The van der Waals surface area contributed by atoms with Crippen molar-refractivity contribution in [3.63, 3.8) is 0 Å². The van der Waals surface area contributed by atoms with Crippen LogP contribution in [0.15, 0.2) is 18.3 Å². The molecule has 18 heavy (non-hydrogen) atoms. The molecule has 0 amide bonds. The molecule has 0 aliphatic rings.